The fraction of sp³-hybridized carbons (Fsp3) is 0.364. The molecule has 1 aliphatic rings. The lowest BCUT2D eigenvalue weighted by Crippen LogP contribution is -2.34. The first-order chi connectivity index (χ1) is 9.04. The van der Waals surface area contributed by atoms with Gasteiger partial charge in [-0.3, -0.25) is 19.3 Å². The quantitative estimate of drug-likeness (QED) is 0.370. The van der Waals surface area contributed by atoms with Crippen molar-refractivity contribution in [2.75, 3.05) is 6.54 Å². The number of carbonyl (C=O) groups excluding carboxylic acids is 5. The van der Waals surface area contributed by atoms with Crippen molar-refractivity contribution >= 4 is 30.0 Å². The molecule has 0 spiro atoms. The molecular weight excluding hydrogens is 256 g/mol. The highest BCUT2D eigenvalue weighted by molar-refractivity contribution is 6.12. The summed E-state index contributed by atoms with van der Waals surface area (Å²) in [6.45, 7) is -0.117. The van der Waals surface area contributed by atoms with Crippen LogP contribution in [-0.2, 0) is 28.8 Å². The van der Waals surface area contributed by atoms with E-state index in [9.17, 15) is 24.0 Å². The van der Waals surface area contributed by atoms with Gasteiger partial charge in [0.1, 0.15) is 6.29 Å². The molecule has 19 heavy (non-hydrogen) atoms. The molecule has 3 amide bonds. The summed E-state index contributed by atoms with van der Waals surface area (Å²) in [5.74, 6) is -2.37. The van der Waals surface area contributed by atoms with Gasteiger partial charge >= 0.3 is 5.97 Å². The van der Waals surface area contributed by atoms with E-state index >= 15 is 0 Å². The van der Waals surface area contributed by atoms with Crippen LogP contribution in [0.2, 0.25) is 0 Å². The molecule has 102 valence electrons. The molecule has 1 aliphatic heterocycles. The molecule has 1 rings (SSSR count). The van der Waals surface area contributed by atoms with Crippen LogP contribution in [0.15, 0.2) is 12.2 Å². The highest BCUT2D eigenvalue weighted by Crippen LogP contribution is 2.04. The summed E-state index contributed by atoms with van der Waals surface area (Å²) in [6, 6.07) is 0. The normalized spacial score (nSPS) is 13.6. The van der Waals surface area contributed by atoms with E-state index in [1.807, 2.05) is 5.48 Å². The van der Waals surface area contributed by atoms with Gasteiger partial charge in [-0.15, -0.1) is 0 Å². The molecular formula is C11H12N2O6. The number of imide groups is 1. The van der Waals surface area contributed by atoms with Gasteiger partial charge in [0, 0.05) is 31.5 Å². The Morgan fingerprint density at radius 2 is 1.84 bits per heavy atom. The average molecular weight is 268 g/mol. The van der Waals surface area contributed by atoms with E-state index in [1.165, 1.54) is 0 Å². The third-order valence-corrected chi connectivity index (χ3v) is 2.21. The Morgan fingerprint density at radius 3 is 2.42 bits per heavy atom. The molecule has 8 nitrogen and oxygen atoms in total. The van der Waals surface area contributed by atoms with Crippen LogP contribution in [0.4, 0.5) is 0 Å². The minimum Gasteiger partial charge on any atom is -0.341 e. The maximum Gasteiger partial charge on any atom is 0.334 e. The van der Waals surface area contributed by atoms with E-state index in [4.69, 9.17) is 0 Å². The molecule has 0 radical (unpaired) electrons. The second-order valence-corrected chi connectivity index (χ2v) is 3.62. The van der Waals surface area contributed by atoms with Crippen molar-refractivity contribution in [1.82, 2.24) is 10.4 Å². The van der Waals surface area contributed by atoms with Crippen molar-refractivity contribution in [2.24, 2.45) is 0 Å². The van der Waals surface area contributed by atoms with E-state index in [0.29, 0.717) is 6.29 Å². The van der Waals surface area contributed by atoms with Crippen LogP contribution in [-0.4, -0.2) is 41.4 Å². The van der Waals surface area contributed by atoms with E-state index in [1.54, 1.807) is 0 Å². The van der Waals surface area contributed by atoms with E-state index < -0.39 is 23.7 Å². The lowest BCUT2D eigenvalue weighted by molar-refractivity contribution is -0.158. The summed E-state index contributed by atoms with van der Waals surface area (Å²) in [6.07, 6.45) is 2.51. The first-order valence-corrected chi connectivity index (χ1v) is 5.50. The first-order valence-electron chi connectivity index (χ1n) is 5.50. The van der Waals surface area contributed by atoms with Gasteiger partial charge in [-0.25, -0.2) is 4.79 Å². The Hall–Kier alpha value is -2.51. The Bertz CT molecular complexity index is 424. The van der Waals surface area contributed by atoms with Gasteiger partial charge in [0.25, 0.3) is 17.7 Å². The second kappa shape index (κ2) is 7.04. The van der Waals surface area contributed by atoms with E-state index in [0.717, 1.165) is 17.1 Å². The highest BCUT2D eigenvalue weighted by atomic mass is 16.7. The van der Waals surface area contributed by atoms with Crippen molar-refractivity contribution in [2.45, 2.75) is 19.3 Å². The number of hydroxylamine groups is 1. The molecule has 0 saturated heterocycles. The molecule has 8 heteroatoms. The number of rotatable bonds is 6. The van der Waals surface area contributed by atoms with Gasteiger partial charge in [0.05, 0.1) is 6.42 Å². The van der Waals surface area contributed by atoms with Crippen molar-refractivity contribution in [3.63, 3.8) is 0 Å². The van der Waals surface area contributed by atoms with Gasteiger partial charge in [0.15, 0.2) is 0 Å². The van der Waals surface area contributed by atoms with Crippen LogP contribution in [0.1, 0.15) is 19.3 Å². The minimum atomic E-state index is -0.785. The number of carbonyl (C=O) groups is 5. The lowest BCUT2D eigenvalue weighted by Gasteiger charge is -2.12. The third kappa shape index (κ3) is 4.70. The van der Waals surface area contributed by atoms with Crippen LogP contribution in [0.5, 0.6) is 0 Å². The average Bonchev–Trinajstić information content (AvgIpc) is 2.71. The number of aldehydes is 1. The fourth-order valence-corrected chi connectivity index (χ4v) is 1.26. The molecule has 1 N–H and O–H groups in total. The zero-order valence-corrected chi connectivity index (χ0v) is 9.96. The molecule has 0 bridgehead atoms. The van der Waals surface area contributed by atoms with Crippen molar-refractivity contribution in [1.29, 1.82) is 0 Å². The Morgan fingerprint density at radius 1 is 1.21 bits per heavy atom. The summed E-state index contributed by atoms with van der Waals surface area (Å²) < 4.78 is 0. The first kappa shape index (κ1) is 14.6. The summed E-state index contributed by atoms with van der Waals surface area (Å²) in [5, 5.41) is 0. The van der Waals surface area contributed by atoms with E-state index in [-0.39, 0.29) is 25.8 Å². The van der Waals surface area contributed by atoms with Crippen LogP contribution in [0, 0.1) is 0 Å². The number of hydrogen-bond donors (Lipinski definition) is 1. The predicted molar refractivity (Wildman–Crippen MR) is 60.0 cm³/mol. The molecule has 0 fully saturated rings. The molecule has 0 aliphatic carbocycles. The number of nitrogens with zero attached hydrogens (tertiary/aromatic N) is 1. The maximum absolute atomic E-state index is 11.2. The minimum absolute atomic E-state index is 0.0336. The van der Waals surface area contributed by atoms with Crippen molar-refractivity contribution in [3.05, 3.63) is 12.2 Å². The topological polar surface area (TPSA) is 110 Å². The smallest absolute Gasteiger partial charge is 0.334 e. The summed E-state index contributed by atoms with van der Waals surface area (Å²) in [7, 11) is 0. The van der Waals surface area contributed by atoms with Crippen molar-refractivity contribution in [3.8, 4) is 0 Å². The van der Waals surface area contributed by atoms with Crippen molar-refractivity contribution < 1.29 is 28.8 Å². The molecule has 0 atom stereocenters. The Labute approximate surface area is 108 Å². The SMILES string of the molecule is O=CCCC(=O)NOC(=O)CCN1C(=O)C=CC1=O. The molecule has 0 aromatic carbocycles. The number of hydrogen-bond acceptors (Lipinski definition) is 6. The predicted octanol–water partition coefficient (Wildman–Crippen LogP) is -1.14. The maximum atomic E-state index is 11.2. The molecule has 0 aromatic rings. The van der Waals surface area contributed by atoms with Crippen LogP contribution < -0.4 is 5.48 Å². The molecule has 0 saturated carbocycles. The van der Waals surface area contributed by atoms with Gasteiger partial charge < -0.3 is 9.63 Å². The van der Waals surface area contributed by atoms with Crippen LogP contribution in [0.3, 0.4) is 0 Å². The summed E-state index contributed by atoms with van der Waals surface area (Å²) in [4.78, 5) is 59.8. The largest absolute Gasteiger partial charge is 0.341 e. The summed E-state index contributed by atoms with van der Waals surface area (Å²) >= 11 is 0. The van der Waals surface area contributed by atoms with Crippen LogP contribution in [0.25, 0.3) is 0 Å². The molecule has 0 aromatic heterocycles. The highest BCUT2D eigenvalue weighted by Gasteiger charge is 2.23. The third-order valence-electron chi connectivity index (χ3n) is 2.21. The van der Waals surface area contributed by atoms with Gasteiger partial charge in [0.2, 0.25) is 0 Å². The zero-order valence-electron chi connectivity index (χ0n) is 9.96. The van der Waals surface area contributed by atoms with Crippen LogP contribution >= 0.6 is 0 Å². The number of amides is 3. The molecule has 0 unspecified atom stereocenters. The standard InChI is InChI=1S/C11H12N2O6/c14-7-1-2-8(15)12-19-11(18)5-6-13-9(16)3-4-10(13)17/h3-4,7H,1-2,5-6H2,(H,12,15). The Kier molecular flexibility index (Phi) is 5.39. The fourth-order valence-electron chi connectivity index (χ4n) is 1.26. The van der Waals surface area contributed by atoms with Gasteiger partial charge in [-0.1, -0.05) is 0 Å². The second-order valence-electron chi connectivity index (χ2n) is 3.62. The van der Waals surface area contributed by atoms with Gasteiger partial charge in [-0.05, 0) is 0 Å². The Balaban J connectivity index is 2.21. The molecule has 1 heterocycles. The monoisotopic (exact) mass is 268 g/mol. The number of nitrogens with one attached hydrogen (secondary N) is 1. The zero-order chi connectivity index (χ0) is 14.3. The van der Waals surface area contributed by atoms with E-state index in [2.05, 4.69) is 4.84 Å². The summed E-state index contributed by atoms with van der Waals surface area (Å²) in [5.41, 5.74) is 1.86. The van der Waals surface area contributed by atoms with Gasteiger partial charge in [-0.2, -0.15) is 5.48 Å². The lowest BCUT2D eigenvalue weighted by atomic mass is 10.3.